The molecular formula is C18H19N3O5S. The summed E-state index contributed by atoms with van der Waals surface area (Å²) in [5.41, 5.74) is 0.263. The van der Waals surface area contributed by atoms with Crippen LogP contribution >= 0.6 is 12.2 Å². The molecule has 27 heavy (non-hydrogen) atoms. The third-order valence-corrected chi connectivity index (χ3v) is 3.90. The molecule has 0 aromatic heterocycles. The second-order valence-corrected chi connectivity index (χ2v) is 6.14. The Balaban J connectivity index is 1.97. The normalized spacial score (nSPS) is 11.3. The zero-order valence-corrected chi connectivity index (χ0v) is 15.6. The summed E-state index contributed by atoms with van der Waals surface area (Å²) in [7, 11) is 0. The summed E-state index contributed by atoms with van der Waals surface area (Å²) < 4.78 is 5.65. The van der Waals surface area contributed by atoms with E-state index in [1.807, 2.05) is 13.8 Å². The van der Waals surface area contributed by atoms with Gasteiger partial charge in [0.2, 0.25) is 0 Å². The van der Waals surface area contributed by atoms with Crippen LogP contribution in [0, 0.1) is 10.1 Å². The summed E-state index contributed by atoms with van der Waals surface area (Å²) in [6.07, 6.45) is 0.952. The second-order valence-electron chi connectivity index (χ2n) is 5.73. The minimum atomic E-state index is -0.627. The van der Waals surface area contributed by atoms with Crippen molar-refractivity contribution in [2.45, 2.75) is 26.4 Å². The van der Waals surface area contributed by atoms with Crippen molar-refractivity contribution >= 4 is 34.6 Å². The predicted octanol–water partition coefficient (Wildman–Crippen LogP) is 3.60. The Morgan fingerprint density at radius 2 is 1.96 bits per heavy atom. The van der Waals surface area contributed by atoms with Crippen LogP contribution in [0.3, 0.4) is 0 Å². The van der Waals surface area contributed by atoms with E-state index in [-0.39, 0.29) is 28.3 Å². The smallest absolute Gasteiger partial charge is 0.273 e. The maximum Gasteiger partial charge on any atom is 0.273 e. The minimum Gasteiger partial charge on any atom is -0.506 e. The number of hydrogen-bond acceptors (Lipinski definition) is 6. The van der Waals surface area contributed by atoms with Gasteiger partial charge in [-0.2, -0.15) is 0 Å². The van der Waals surface area contributed by atoms with Gasteiger partial charge in [-0.3, -0.25) is 20.2 Å². The Morgan fingerprint density at radius 3 is 2.52 bits per heavy atom. The van der Waals surface area contributed by atoms with Gasteiger partial charge in [-0.05, 0) is 55.9 Å². The first-order valence-electron chi connectivity index (χ1n) is 8.16. The highest BCUT2D eigenvalue weighted by Gasteiger charge is 2.13. The number of amides is 1. The summed E-state index contributed by atoms with van der Waals surface area (Å²) in [6, 6.07) is 10.1. The Bertz CT molecular complexity index is 855. The van der Waals surface area contributed by atoms with Crippen LogP contribution in [-0.2, 0) is 0 Å². The number of carbonyl (C=O) groups excluding carboxylic acids is 1. The van der Waals surface area contributed by atoms with Crippen LogP contribution in [-0.4, -0.2) is 27.2 Å². The molecule has 2 aromatic carbocycles. The Hall–Kier alpha value is -3.20. The largest absolute Gasteiger partial charge is 0.506 e. The van der Waals surface area contributed by atoms with Gasteiger partial charge in [0.25, 0.3) is 11.6 Å². The molecule has 0 bridgehead atoms. The molecule has 0 saturated carbocycles. The fourth-order valence-corrected chi connectivity index (χ4v) is 2.27. The molecule has 0 aliphatic rings. The molecule has 9 heteroatoms. The first-order valence-corrected chi connectivity index (χ1v) is 8.57. The molecular weight excluding hydrogens is 370 g/mol. The number of rotatable bonds is 6. The maximum atomic E-state index is 12.2. The second kappa shape index (κ2) is 8.95. The topological polar surface area (TPSA) is 114 Å². The van der Waals surface area contributed by atoms with E-state index in [0.717, 1.165) is 12.5 Å². The average Bonchev–Trinajstić information content (AvgIpc) is 2.63. The molecule has 1 unspecified atom stereocenters. The first kappa shape index (κ1) is 20.1. The number of hydrogen-bond donors (Lipinski definition) is 3. The molecule has 0 aliphatic carbocycles. The number of ether oxygens (including phenoxy) is 1. The molecule has 1 amide bonds. The lowest BCUT2D eigenvalue weighted by molar-refractivity contribution is -0.384. The van der Waals surface area contributed by atoms with Gasteiger partial charge in [0.1, 0.15) is 11.5 Å². The first-order chi connectivity index (χ1) is 12.8. The molecule has 2 rings (SSSR count). The van der Waals surface area contributed by atoms with E-state index >= 15 is 0 Å². The fraction of sp³-hybridized carbons (Fsp3) is 0.222. The van der Waals surface area contributed by atoms with E-state index in [0.29, 0.717) is 11.3 Å². The third kappa shape index (κ3) is 5.65. The van der Waals surface area contributed by atoms with E-state index in [1.54, 1.807) is 24.3 Å². The van der Waals surface area contributed by atoms with Crippen molar-refractivity contribution in [3.05, 3.63) is 58.1 Å². The van der Waals surface area contributed by atoms with Crippen molar-refractivity contribution in [3.63, 3.8) is 0 Å². The molecule has 0 radical (unpaired) electrons. The highest BCUT2D eigenvalue weighted by Crippen LogP contribution is 2.27. The van der Waals surface area contributed by atoms with Crippen molar-refractivity contribution < 1.29 is 19.6 Å². The maximum absolute atomic E-state index is 12.2. The molecule has 0 saturated heterocycles. The van der Waals surface area contributed by atoms with Crippen LogP contribution in [0.25, 0.3) is 0 Å². The standard InChI is InChI=1S/C18H19N3O5S/c1-3-11(2)26-14-7-4-12(5-8-14)17(23)20-18(27)19-15-9-6-13(21(24)25)10-16(15)22/h4-11,22H,3H2,1-2H3,(H2,19,20,23,27). The van der Waals surface area contributed by atoms with Crippen molar-refractivity contribution in [1.29, 1.82) is 0 Å². The van der Waals surface area contributed by atoms with Crippen molar-refractivity contribution in [1.82, 2.24) is 5.32 Å². The van der Waals surface area contributed by atoms with Gasteiger partial charge in [-0.15, -0.1) is 0 Å². The highest BCUT2D eigenvalue weighted by atomic mass is 32.1. The molecule has 142 valence electrons. The number of phenolic OH excluding ortho intramolecular Hbond substituents is 1. The minimum absolute atomic E-state index is 0.0518. The fourth-order valence-electron chi connectivity index (χ4n) is 2.07. The van der Waals surface area contributed by atoms with Gasteiger partial charge in [-0.25, -0.2) is 0 Å². The van der Waals surface area contributed by atoms with Crippen LogP contribution in [0.15, 0.2) is 42.5 Å². The molecule has 2 aromatic rings. The van der Waals surface area contributed by atoms with Crippen molar-refractivity contribution in [3.8, 4) is 11.5 Å². The lowest BCUT2D eigenvalue weighted by Gasteiger charge is -2.13. The van der Waals surface area contributed by atoms with Crippen molar-refractivity contribution in [2.75, 3.05) is 5.32 Å². The SMILES string of the molecule is CCC(C)Oc1ccc(C(=O)NC(=S)Nc2ccc([N+](=O)[O-])cc2O)cc1. The molecule has 8 nitrogen and oxygen atoms in total. The summed E-state index contributed by atoms with van der Waals surface area (Å²) in [6.45, 7) is 3.97. The Morgan fingerprint density at radius 1 is 1.30 bits per heavy atom. The third-order valence-electron chi connectivity index (χ3n) is 3.70. The Labute approximate surface area is 161 Å². The van der Waals surface area contributed by atoms with E-state index < -0.39 is 10.8 Å². The van der Waals surface area contributed by atoms with Crippen LogP contribution in [0.1, 0.15) is 30.6 Å². The van der Waals surface area contributed by atoms with E-state index in [2.05, 4.69) is 10.6 Å². The molecule has 0 heterocycles. The zero-order valence-electron chi connectivity index (χ0n) is 14.8. The number of non-ortho nitro benzene ring substituents is 1. The molecule has 0 aliphatic heterocycles. The molecule has 0 spiro atoms. The van der Waals surface area contributed by atoms with Crippen LogP contribution in [0.5, 0.6) is 11.5 Å². The monoisotopic (exact) mass is 389 g/mol. The number of benzene rings is 2. The Kier molecular flexibility index (Phi) is 6.67. The zero-order chi connectivity index (χ0) is 20.0. The van der Waals surface area contributed by atoms with Gasteiger partial charge in [0, 0.05) is 11.6 Å². The number of aromatic hydroxyl groups is 1. The van der Waals surface area contributed by atoms with E-state index in [9.17, 15) is 20.0 Å². The number of nitro groups is 1. The highest BCUT2D eigenvalue weighted by molar-refractivity contribution is 7.80. The number of anilines is 1. The van der Waals surface area contributed by atoms with Gasteiger partial charge < -0.3 is 15.2 Å². The summed E-state index contributed by atoms with van der Waals surface area (Å²) in [5, 5.41) is 25.5. The quantitative estimate of drug-likeness (QED) is 0.299. The average molecular weight is 389 g/mol. The number of nitrogens with one attached hydrogen (secondary N) is 2. The number of nitrogens with zero attached hydrogens (tertiary/aromatic N) is 1. The number of phenols is 1. The van der Waals surface area contributed by atoms with Gasteiger partial charge in [0.05, 0.1) is 22.8 Å². The van der Waals surface area contributed by atoms with Crippen molar-refractivity contribution in [2.24, 2.45) is 0 Å². The van der Waals surface area contributed by atoms with Crippen LogP contribution in [0.4, 0.5) is 11.4 Å². The van der Waals surface area contributed by atoms with E-state index in [1.165, 1.54) is 12.1 Å². The molecule has 0 fully saturated rings. The van der Waals surface area contributed by atoms with E-state index in [4.69, 9.17) is 17.0 Å². The van der Waals surface area contributed by atoms with Crippen LogP contribution < -0.4 is 15.4 Å². The number of nitro benzene ring substituents is 1. The number of thiocarbonyl (C=S) groups is 1. The molecule has 1 atom stereocenters. The lowest BCUT2D eigenvalue weighted by atomic mass is 10.2. The summed E-state index contributed by atoms with van der Waals surface area (Å²) in [4.78, 5) is 22.3. The van der Waals surface area contributed by atoms with Gasteiger partial charge in [-0.1, -0.05) is 6.92 Å². The van der Waals surface area contributed by atoms with Crippen LogP contribution in [0.2, 0.25) is 0 Å². The van der Waals surface area contributed by atoms with Gasteiger partial charge >= 0.3 is 0 Å². The summed E-state index contributed by atoms with van der Waals surface area (Å²) >= 11 is 5.04. The number of carbonyl (C=O) groups is 1. The molecule has 3 N–H and O–H groups in total. The lowest BCUT2D eigenvalue weighted by Crippen LogP contribution is -2.34. The van der Waals surface area contributed by atoms with Gasteiger partial charge in [0.15, 0.2) is 5.11 Å². The predicted molar refractivity (Wildman–Crippen MR) is 105 cm³/mol. The summed E-state index contributed by atoms with van der Waals surface area (Å²) in [5.74, 6) is -0.131.